The molecule has 0 spiro atoms. The molecule has 15 heavy (non-hydrogen) atoms. The molecule has 0 N–H and O–H groups in total. The minimum Gasteiger partial charge on any atom is -0.466 e. The van der Waals surface area contributed by atoms with Gasteiger partial charge in [-0.15, -0.1) is 5.10 Å². The topological polar surface area (TPSA) is 91.5 Å². The van der Waals surface area contributed by atoms with Crippen molar-refractivity contribution in [1.82, 2.24) is 25.0 Å². The van der Waals surface area contributed by atoms with Crippen LogP contribution in [0.3, 0.4) is 0 Å². The van der Waals surface area contributed by atoms with Crippen molar-refractivity contribution in [3.05, 3.63) is 12.4 Å². The van der Waals surface area contributed by atoms with E-state index in [1.807, 2.05) is 0 Å². The van der Waals surface area contributed by atoms with Gasteiger partial charge in [0.2, 0.25) is 11.5 Å². The Morgan fingerprint density at radius 3 is 3.20 bits per heavy atom. The maximum atomic E-state index is 10.8. The number of hydrogen-bond acceptors (Lipinski definition) is 7. The van der Waals surface area contributed by atoms with Crippen molar-refractivity contribution in [2.75, 3.05) is 13.7 Å². The summed E-state index contributed by atoms with van der Waals surface area (Å²) < 4.78 is 10.9. The molecule has 0 aliphatic rings. The van der Waals surface area contributed by atoms with Crippen LogP contribution >= 0.6 is 0 Å². The Bertz CT molecular complexity index is 482. The van der Waals surface area contributed by atoms with Crippen molar-refractivity contribution >= 4 is 11.6 Å². The van der Waals surface area contributed by atoms with Crippen molar-refractivity contribution in [2.24, 2.45) is 0 Å². The van der Waals surface area contributed by atoms with Gasteiger partial charge in [0.25, 0.3) is 0 Å². The van der Waals surface area contributed by atoms with Crippen LogP contribution in [0.5, 0.6) is 5.88 Å². The van der Waals surface area contributed by atoms with Crippen molar-refractivity contribution in [3.8, 4) is 5.88 Å². The van der Waals surface area contributed by atoms with Crippen LogP contribution in [-0.4, -0.2) is 44.7 Å². The summed E-state index contributed by atoms with van der Waals surface area (Å²) in [6.45, 7) is -0.211. The summed E-state index contributed by atoms with van der Waals surface area (Å²) in [4.78, 5) is 14.7. The number of ether oxygens (including phenoxy) is 2. The van der Waals surface area contributed by atoms with Crippen molar-refractivity contribution < 1.29 is 14.3 Å². The van der Waals surface area contributed by atoms with Gasteiger partial charge in [-0.25, -0.2) is 4.79 Å². The number of hydrogen-bond donors (Lipinski definition) is 0. The van der Waals surface area contributed by atoms with E-state index in [9.17, 15) is 4.79 Å². The van der Waals surface area contributed by atoms with E-state index in [1.165, 1.54) is 24.0 Å². The summed E-state index contributed by atoms with van der Waals surface area (Å²) in [6.07, 6.45) is 2.89. The fourth-order valence-corrected chi connectivity index (χ4v) is 0.944. The molecule has 0 saturated heterocycles. The third-order valence-electron chi connectivity index (χ3n) is 1.64. The fourth-order valence-electron chi connectivity index (χ4n) is 0.944. The van der Waals surface area contributed by atoms with Gasteiger partial charge in [-0.05, 0) is 10.4 Å². The minimum absolute atomic E-state index is 0.211. The summed E-state index contributed by atoms with van der Waals surface area (Å²) in [5, 5.41) is 10.8. The van der Waals surface area contributed by atoms with Gasteiger partial charge in [0.1, 0.15) is 0 Å². The number of carbonyl (C=O) groups excluding carboxylic acids is 1. The van der Waals surface area contributed by atoms with E-state index in [2.05, 4.69) is 25.2 Å². The molecule has 0 fully saturated rings. The zero-order chi connectivity index (χ0) is 10.7. The molecule has 0 unspecified atom stereocenters. The molecule has 0 atom stereocenters. The highest BCUT2D eigenvalue weighted by molar-refractivity contribution is 5.70. The first kappa shape index (κ1) is 9.31. The van der Waals surface area contributed by atoms with E-state index in [0.717, 1.165) is 0 Å². The van der Waals surface area contributed by atoms with E-state index in [-0.39, 0.29) is 12.5 Å². The summed E-state index contributed by atoms with van der Waals surface area (Å²) in [5.41, 5.74) is 0.442. The molecule has 0 aliphatic carbocycles. The van der Waals surface area contributed by atoms with E-state index in [4.69, 9.17) is 4.74 Å². The van der Waals surface area contributed by atoms with Crippen LogP contribution in [0.25, 0.3) is 5.65 Å². The Morgan fingerprint density at radius 2 is 2.40 bits per heavy atom. The first-order valence-corrected chi connectivity index (χ1v) is 4.03. The van der Waals surface area contributed by atoms with Gasteiger partial charge in [-0.1, -0.05) is 0 Å². The molecule has 8 nitrogen and oxygen atoms in total. The first-order valence-electron chi connectivity index (χ1n) is 4.03. The Hall–Kier alpha value is -2.25. The fraction of sp³-hybridized carbons (Fsp3) is 0.286. The average molecular weight is 209 g/mol. The van der Waals surface area contributed by atoms with Crippen LogP contribution in [-0.2, 0) is 9.53 Å². The normalized spacial score (nSPS) is 10.2. The largest absolute Gasteiger partial charge is 0.466 e. The third-order valence-corrected chi connectivity index (χ3v) is 1.64. The van der Waals surface area contributed by atoms with Gasteiger partial charge in [0.15, 0.2) is 6.61 Å². The predicted molar refractivity (Wildman–Crippen MR) is 46.1 cm³/mol. The third kappa shape index (κ3) is 1.82. The van der Waals surface area contributed by atoms with E-state index >= 15 is 0 Å². The van der Waals surface area contributed by atoms with Crippen molar-refractivity contribution in [3.63, 3.8) is 0 Å². The number of aromatic nitrogens is 5. The SMILES string of the molecule is COC(=O)COc1cncc2nnnn12. The van der Waals surface area contributed by atoms with Crippen LogP contribution in [0.2, 0.25) is 0 Å². The molecule has 78 valence electrons. The Balaban J connectivity index is 2.20. The minimum atomic E-state index is -0.486. The smallest absolute Gasteiger partial charge is 0.343 e. The molecular formula is C7H7N5O3. The number of nitrogens with zero attached hydrogens (tertiary/aromatic N) is 5. The zero-order valence-electron chi connectivity index (χ0n) is 7.82. The molecule has 0 saturated carbocycles. The summed E-state index contributed by atoms with van der Waals surface area (Å²) in [7, 11) is 1.28. The molecule has 2 rings (SSSR count). The van der Waals surface area contributed by atoms with Crippen LogP contribution < -0.4 is 4.74 Å². The summed E-state index contributed by atoms with van der Waals surface area (Å²) in [6, 6.07) is 0. The number of fused-ring (bicyclic) bond motifs is 1. The number of methoxy groups -OCH3 is 1. The number of carbonyl (C=O) groups is 1. The molecule has 2 aromatic heterocycles. The maximum absolute atomic E-state index is 10.8. The molecular weight excluding hydrogens is 202 g/mol. The second-order valence-electron chi connectivity index (χ2n) is 2.56. The highest BCUT2D eigenvalue weighted by atomic mass is 16.6. The van der Waals surface area contributed by atoms with Crippen molar-refractivity contribution in [2.45, 2.75) is 0 Å². The lowest BCUT2D eigenvalue weighted by molar-refractivity contribution is -0.143. The van der Waals surface area contributed by atoms with Crippen LogP contribution in [0.4, 0.5) is 0 Å². The zero-order valence-corrected chi connectivity index (χ0v) is 7.82. The van der Waals surface area contributed by atoms with Gasteiger partial charge >= 0.3 is 5.97 Å². The highest BCUT2D eigenvalue weighted by Gasteiger charge is 2.07. The van der Waals surface area contributed by atoms with Crippen LogP contribution in [0.1, 0.15) is 0 Å². The van der Waals surface area contributed by atoms with Crippen LogP contribution in [0.15, 0.2) is 12.4 Å². The Kier molecular flexibility index (Phi) is 2.40. The summed E-state index contributed by atoms with van der Waals surface area (Å²) in [5.74, 6) is -0.206. The highest BCUT2D eigenvalue weighted by Crippen LogP contribution is 2.08. The van der Waals surface area contributed by atoms with Gasteiger partial charge in [0, 0.05) is 0 Å². The quantitative estimate of drug-likeness (QED) is 0.603. The second kappa shape index (κ2) is 3.86. The second-order valence-corrected chi connectivity index (χ2v) is 2.56. The average Bonchev–Trinajstić information content (AvgIpc) is 2.74. The molecule has 8 heteroatoms. The van der Waals surface area contributed by atoms with Gasteiger partial charge in [-0.3, -0.25) is 4.98 Å². The van der Waals surface area contributed by atoms with Crippen molar-refractivity contribution in [1.29, 1.82) is 0 Å². The molecule has 0 amide bonds. The van der Waals surface area contributed by atoms with E-state index in [1.54, 1.807) is 0 Å². The predicted octanol–water partition coefficient (Wildman–Crippen LogP) is -0.929. The number of tetrazole rings is 1. The molecule has 2 heterocycles. The van der Waals surface area contributed by atoms with E-state index < -0.39 is 5.97 Å². The molecule has 2 aromatic rings. The molecule has 0 aromatic carbocycles. The van der Waals surface area contributed by atoms with Gasteiger partial charge in [-0.2, -0.15) is 4.52 Å². The number of rotatable bonds is 3. The molecule has 0 aliphatic heterocycles. The lowest BCUT2D eigenvalue weighted by atomic mass is 10.6. The standard InChI is InChI=1S/C7H7N5O3/c1-14-7(13)4-15-6-3-8-2-5-9-10-11-12(5)6/h2-3H,4H2,1H3. The Morgan fingerprint density at radius 1 is 1.53 bits per heavy atom. The first-order chi connectivity index (χ1) is 7.31. The van der Waals surface area contributed by atoms with E-state index in [0.29, 0.717) is 5.65 Å². The Labute approximate surface area is 83.8 Å². The van der Waals surface area contributed by atoms with Gasteiger partial charge in [0.05, 0.1) is 19.5 Å². The van der Waals surface area contributed by atoms with Crippen LogP contribution in [0, 0.1) is 0 Å². The monoisotopic (exact) mass is 209 g/mol. The molecule has 0 bridgehead atoms. The molecule has 0 radical (unpaired) electrons. The summed E-state index contributed by atoms with van der Waals surface area (Å²) >= 11 is 0. The van der Waals surface area contributed by atoms with Gasteiger partial charge < -0.3 is 9.47 Å². The number of esters is 1. The lowest BCUT2D eigenvalue weighted by Gasteiger charge is -2.03. The lowest BCUT2D eigenvalue weighted by Crippen LogP contribution is -2.14. The maximum Gasteiger partial charge on any atom is 0.343 e.